The van der Waals surface area contributed by atoms with Gasteiger partial charge >= 0.3 is 11.9 Å². The summed E-state index contributed by atoms with van der Waals surface area (Å²) >= 11 is 1.38. The van der Waals surface area contributed by atoms with E-state index in [0.29, 0.717) is 27.3 Å². The molecular formula is C34H29N3O5S. The number of ether oxygens (including phenoxy) is 2. The molecule has 2 aromatic heterocycles. The molecule has 0 aliphatic heterocycles. The average molecular weight is 592 g/mol. The van der Waals surface area contributed by atoms with Gasteiger partial charge in [0.05, 0.1) is 40.7 Å². The highest BCUT2D eigenvalue weighted by atomic mass is 32.1. The van der Waals surface area contributed by atoms with Crippen molar-refractivity contribution in [2.24, 2.45) is 0 Å². The topological polar surface area (TPSA) is 107 Å². The summed E-state index contributed by atoms with van der Waals surface area (Å²) in [6.45, 7) is 1.50. The lowest BCUT2D eigenvalue weighted by molar-refractivity contribution is -0.123. The molecule has 6 rings (SSSR count). The van der Waals surface area contributed by atoms with Crippen molar-refractivity contribution < 1.29 is 23.9 Å². The smallest absolute Gasteiger partial charge is 0.341 e. The van der Waals surface area contributed by atoms with Gasteiger partial charge in [0.1, 0.15) is 5.00 Å². The second-order valence-electron chi connectivity index (χ2n) is 10.3. The van der Waals surface area contributed by atoms with E-state index in [9.17, 15) is 14.4 Å². The van der Waals surface area contributed by atoms with E-state index in [0.717, 1.165) is 52.9 Å². The Labute approximate surface area is 252 Å². The van der Waals surface area contributed by atoms with Crippen LogP contribution >= 0.6 is 11.3 Å². The summed E-state index contributed by atoms with van der Waals surface area (Å²) in [6, 6.07) is 24.6. The minimum atomic E-state index is -1.11. The molecule has 0 radical (unpaired) electrons. The summed E-state index contributed by atoms with van der Waals surface area (Å²) in [4.78, 5) is 49.7. The van der Waals surface area contributed by atoms with Gasteiger partial charge < -0.3 is 14.8 Å². The van der Waals surface area contributed by atoms with Crippen LogP contribution in [0.5, 0.6) is 0 Å². The third kappa shape index (κ3) is 5.76. The van der Waals surface area contributed by atoms with Crippen molar-refractivity contribution in [3.8, 4) is 22.5 Å². The van der Waals surface area contributed by atoms with Crippen LogP contribution < -0.4 is 5.32 Å². The number of rotatable bonds is 7. The zero-order valence-corrected chi connectivity index (χ0v) is 24.6. The summed E-state index contributed by atoms with van der Waals surface area (Å²) in [5, 5.41) is 3.22. The molecule has 1 N–H and O–H groups in total. The number of aryl methyl sites for hydroxylation is 1. The van der Waals surface area contributed by atoms with Crippen molar-refractivity contribution in [2.45, 2.75) is 38.7 Å². The number of benzene rings is 3. The molecule has 0 saturated heterocycles. The SMILES string of the molecule is COC(=O)c1c(NC(=O)C(C)OC(=O)c2ccc3nc(-c4ccccc4)c(-c4ccccc4)nc3c2)sc2c1CCCC2. The monoisotopic (exact) mass is 591 g/mol. The van der Waals surface area contributed by atoms with E-state index in [2.05, 4.69) is 5.32 Å². The number of fused-ring (bicyclic) bond motifs is 2. The lowest BCUT2D eigenvalue weighted by Gasteiger charge is -2.15. The fourth-order valence-electron chi connectivity index (χ4n) is 5.24. The predicted molar refractivity (Wildman–Crippen MR) is 166 cm³/mol. The fourth-order valence-corrected chi connectivity index (χ4v) is 6.52. The highest BCUT2D eigenvalue weighted by Crippen LogP contribution is 2.38. The molecule has 43 heavy (non-hydrogen) atoms. The number of hydrogen-bond acceptors (Lipinski definition) is 8. The van der Waals surface area contributed by atoms with Crippen molar-refractivity contribution in [1.82, 2.24) is 9.97 Å². The van der Waals surface area contributed by atoms with Gasteiger partial charge in [0.25, 0.3) is 5.91 Å². The van der Waals surface area contributed by atoms with E-state index in [1.54, 1.807) is 18.2 Å². The van der Waals surface area contributed by atoms with Crippen LogP contribution in [0.2, 0.25) is 0 Å². The summed E-state index contributed by atoms with van der Waals surface area (Å²) in [7, 11) is 1.32. The molecule has 5 aromatic rings. The predicted octanol–water partition coefficient (Wildman–Crippen LogP) is 6.87. The fraction of sp³-hybridized carbons (Fsp3) is 0.206. The zero-order chi connectivity index (χ0) is 29.9. The van der Waals surface area contributed by atoms with Gasteiger partial charge in [-0.1, -0.05) is 60.7 Å². The molecule has 1 aliphatic rings. The molecule has 1 unspecified atom stereocenters. The minimum absolute atomic E-state index is 0.245. The molecule has 0 bridgehead atoms. The molecule has 1 aliphatic carbocycles. The van der Waals surface area contributed by atoms with E-state index in [1.807, 2.05) is 60.7 Å². The molecule has 9 heteroatoms. The molecule has 0 fully saturated rings. The number of thiophene rings is 1. The molecule has 8 nitrogen and oxygen atoms in total. The summed E-state index contributed by atoms with van der Waals surface area (Å²) < 4.78 is 10.5. The molecule has 0 spiro atoms. The Balaban J connectivity index is 1.25. The van der Waals surface area contributed by atoms with Crippen LogP contribution in [0.1, 0.15) is 50.9 Å². The van der Waals surface area contributed by atoms with Gasteiger partial charge in [-0.2, -0.15) is 0 Å². The molecule has 0 saturated carbocycles. The standard InChI is InChI=1S/C34H29N3O5S/c1-20(31(38)37-32-28(34(40)41-2)24-15-9-10-16-27(24)43-32)42-33(39)23-17-18-25-26(19-23)36-30(22-13-7-4-8-14-22)29(35-25)21-11-5-3-6-12-21/h3-8,11-14,17-20H,9-10,15-16H2,1-2H3,(H,37,38). The number of anilines is 1. The quantitative estimate of drug-likeness (QED) is 0.206. The van der Waals surface area contributed by atoms with Crippen LogP contribution in [0.25, 0.3) is 33.5 Å². The largest absolute Gasteiger partial charge is 0.465 e. The Morgan fingerprint density at radius 2 is 1.44 bits per heavy atom. The molecule has 216 valence electrons. The maximum absolute atomic E-state index is 13.2. The van der Waals surface area contributed by atoms with Crippen LogP contribution in [0.15, 0.2) is 78.9 Å². The van der Waals surface area contributed by atoms with Crippen molar-refractivity contribution >= 4 is 45.2 Å². The highest BCUT2D eigenvalue weighted by molar-refractivity contribution is 7.17. The van der Waals surface area contributed by atoms with Gasteiger partial charge in [0.15, 0.2) is 6.10 Å². The van der Waals surface area contributed by atoms with Crippen LogP contribution in [-0.2, 0) is 27.1 Å². The Hall–Kier alpha value is -4.89. The van der Waals surface area contributed by atoms with Gasteiger partial charge in [-0.15, -0.1) is 11.3 Å². The van der Waals surface area contributed by atoms with E-state index in [-0.39, 0.29) is 5.56 Å². The highest BCUT2D eigenvalue weighted by Gasteiger charge is 2.29. The molecule has 1 amide bonds. The van der Waals surface area contributed by atoms with Gasteiger partial charge in [-0.05, 0) is 56.4 Å². The lowest BCUT2D eigenvalue weighted by atomic mass is 9.95. The van der Waals surface area contributed by atoms with Gasteiger partial charge in [0.2, 0.25) is 0 Å². The van der Waals surface area contributed by atoms with E-state index in [4.69, 9.17) is 19.4 Å². The molecule has 1 atom stereocenters. The maximum Gasteiger partial charge on any atom is 0.341 e. The normalized spacial score (nSPS) is 13.2. The van der Waals surface area contributed by atoms with Crippen LogP contribution in [0, 0.1) is 0 Å². The number of nitrogens with one attached hydrogen (secondary N) is 1. The van der Waals surface area contributed by atoms with E-state index in [1.165, 1.54) is 25.4 Å². The number of carbonyl (C=O) groups excluding carboxylic acids is 3. The maximum atomic E-state index is 13.2. The van der Waals surface area contributed by atoms with Crippen molar-refractivity contribution in [3.63, 3.8) is 0 Å². The number of nitrogens with zero attached hydrogens (tertiary/aromatic N) is 2. The second kappa shape index (κ2) is 12.1. The summed E-state index contributed by atoms with van der Waals surface area (Å²) in [5.74, 6) is -1.68. The van der Waals surface area contributed by atoms with Crippen LogP contribution in [0.3, 0.4) is 0 Å². The first kappa shape index (κ1) is 28.2. The molecular weight excluding hydrogens is 562 g/mol. The first-order valence-electron chi connectivity index (χ1n) is 14.1. The van der Waals surface area contributed by atoms with Crippen molar-refractivity contribution in [3.05, 3.63) is 100 Å². The second-order valence-corrected chi connectivity index (χ2v) is 11.4. The first-order chi connectivity index (χ1) is 20.9. The van der Waals surface area contributed by atoms with Gasteiger partial charge in [-0.3, -0.25) is 4.79 Å². The van der Waals surface area contributed by atoms with Crippen molar-refractivity contribution in [2.75, 3.05) is 12.4 Å². The summed E-state index contributed by atoms with van der Waals surface area (Å²) in [5.41, 5.74) is 5.98. The Kier molecular flexibility index (Phi) is 7.98. The van der Waals surface area contributed by atoms with E-state index < -0.39 is 23.9 Å². The number of amides is 1. The third-order valence-electron chi connectivity index (χ3n) is 7.44. The molecule has 2 heterocycles. The van der Waals surface area contributed by atoms with E-state index >= 15 is 0 Å². The number of hydrogen-bond donors (Lipinski definition) is 1. The Morgan fingerprint density at radius 3 is 2.09 bits per heavy atom. The Bertz CT molecular complexity index is 1840. The number of methoxy groups -OCH3 is 1. The number of esters is 2. The number of carbonyl (C=O) groups is 3. The molecule has 3 aromatic carbocycles. The van der Waals surface area contributed by atoms with Crippen molar-refractivity contribution in [1.29, 1.82) is 0 Å². The lowest BCUT2D eigenvalue weighted by Crippen LogP contribution is -2.30. The average Bonchev–Trinajstić information content (AvgIpc) is 3.42. The van der Waals surface area contributed by atoms with Gasteiger partial charge in [-0.25, -0.2) is 19.6 Å². The Morgan fingerprint density at radius 1 is 0.814 bits per heavy atom. The zero-order valence-electron chi connectivity index (χ0n) is 23.8. The number of aromatic nitrogens is 2. The third-order valence-corrected chi connectivity index (χ3v) is 8.65. The summed E-state index contributed by atoms with van der Waals surface area (Å²) in [6.07, 6.45) is 2.52. The first-order valence-corrected chi connectivity index (χ1v) is 14.9. The van der Waals surface area contributed by atoms with Crippen LogP contribution in [0.4, 0.5) is 5.00 Å². The van der Waals surface area contributed by atoms with Gasteiger partial charge in [0, 0.05) is 16.0 Å². The minimum Gasteiger partial charge on any atom is -0.465 e. The van der Waals surface area contributed by atoms with Crippen LogP contribution in [-0.4, -0.2) is 41.0 Å².